The summed E-state index contributed by atoms with van der Waals surface area (Å²) in [5.41, 5.74) is 23.7. The second kappa shape index (κ2) is 23.4. The average Bonchev–Trinajstić information content (AvgIpc) is 1.59. The fraction of sp³-hybridized carbons (Fsp3) is 0.0130. The van der Waals surface area contributed by atoms with Gasteiger partial charge in [0.1, 0.15) is 0 Å². The van der Waals surface area contributed by atoms with Gasteiger partial charge in [-0.25, -0.2) is 0 Å². The predicted molar refractivity (Wildman–Crippen MR) is 362 cm³/mol. The van der Waals surface area contributed by atoms with Crippen LogP contribution in [0.2, 0.25) is 10.0 Å². The van der Waals surface area contributed by atoms with E-state index in [0.717, 1.165) is 9.50 Å². The summed E-state index contributed by atoms with van der Waals surface area (Å²) in [5.74, 6) is 0. The van der Waals surface area contributed by atoms with Gasteiger partial charge in [-0.1, -0.05) is 295 Å². The van der Waals surface area contributed by atoms with Gasteiger partial charge in [0.05, 0.1) is 0 Å². The van der Waals surface area contributed by atoms with Crippen molar-refractivity contribution >= 4 is 94.8 Å². The van der Waals surface area contributed by atoms with Crippen LogP contribution in [0.15, 0.2) is 284 Å². The molecule has 14 aromatic carbocycles. The van der Waals surface area contributed by atoms with Gasteiger partial charge in [-0.05, 0) is 179 Å². The molecule has 0 atom stereocenters. The molecule has 0 saturated heterocycles. The van der Waals surface area contributed by atoms with Crippen molar-refractivity contribution in [1.82, 2.24) is 0 Å². The minimum absolute atomic E-state index is 0. The van der Waals surface area contributed by atoms with Gasteiger partial charge in [-0.2, -0.15) is 0 Å². The maximum atomic E-state index is 8.63. The molecule has 0 spiro atoms. The number of hydrogen-bond donors (Lipinski definition) is 2. The van der Waals surface area contributed by atoms with Crippen LogP contribution in [0.25, 0.3) is 143 Å². The van der Waals surface area contributed by atoms with Crippen LogP contribution in [0.1, 0.15) is 7.43 Å². The first-order valence-electron chi connectivity index (χ1n) is 27.4. The van der Waals surface area contributed by atoms with Gasteiger partial charge in [-0.3, -0.25) is 4.70 Å². The van der Waals surface area contributed by atoms with Gasteiger partial charge < -0.3 is 10.0 Å². The highest BCUT2D eigenvalue weighted by atomic mass is 79.9. The van der Waals surface area contributed by atoms with E-state index in [1.54, 1.807) is 24.3 Å². The molecule has 0 heterocycles. The third kappa shape index (κ3) is 9.58. The third-order valence-electron chi connectivity index (χ3n) is 16.1. The molecule has 14 aromatic rings. The Morgan fingerprint density at radius 3 is 0.940 bits per heavy atom. The fourth-order valence-electron chi connectivity index (χ4n) is 12.7. The van der Waals surface area contributed by atoms with E-state index in [0.29, 0.717) is 10.5 Å². The number of benzene rings is 14. The summed E-state index contributed by atoms with van der Waals surface area (Å²) in [4.78, 5) is 0. The average molecular weight is 1190 g/mol. The number of fused-ring (bicyclic) bond motifs is 8. The summed E-state index contributed by atoms with van der Waals surface area (Å²) in [6.07, 6.45) is 0. The van der Waals surface area contributed by atoms with Crippen LogP contribution < -0.4 is 5.46 Å². The van der Waals surface area contributed by atoms with Crippen molar-refractivity contribution in [3.05, 3.63) is 294 Å². The van der Waals surface area contributed by atoms with E-state index in [4.69, 9.17) is 33.2 Å². The summed E-state index contributed by atoms with van der Waals surface area (Å²) in [5, 5.41) is 29.0. The van der Waals surface area contributed by atoms with Crippen molar-refractivity contribution < 1.29 is 14.8 Å². The Balaban J connectivity index is 0.000000140. The van der Waals surface area contributed by atoms with Crippen LogP contribution >= 0.6 is 39.1 Å². The van der Waals surface area contributed by atoms with E-state index >= 15 is 0 Å². The monoisotopic (exact) mass is 1190 g/mol. The normalized spacial score (nSPS) is 11.2. The molecule has 0 amide bonds. The van der Waals surface area contributed by atoms with E-state index in [1.165, 1.54) is 143 Å². The van der Waals surface area contributed by atoms with Crippen molar-refractivity contribution in [2.24, 2.45) is 0 Å². The molecule has 404 valence electrons. The topological polar surface area (TPSA) is 40.5 Å². The molecule has 0 aliphatic heterocycles. The Bertz CT molecular complexity index is 4590. The van der Waals surface area contributed by atoms with E-state index in [9.17, 15) is 0 Å². The van der Waals surface area contributed by atoms with E-state index in [-0.39, 0.29) is 12.1 Å². The zero-order chi connectivity index (χ0) is 55.4. The molecule has 0 saturated carbocycles. The molecule has 2 N–H and O–H groups in total. The van der Waals surface area contributed by atoms with Gasteiger partial charge in [0.25, 0.3) is 0 Å². The molecule has 16 rings (SSSR count). The molecule has 0 radical (unpaired) electrons. The maximum Gasteiger partial charge on any atom is 0.488 e. The van der Waals surface area contributed by atoms with Crippen LogP contribution in [0.5, 0.6) is 0 Å². The van der Waals surface area contributed by atoms with Gasteiger partial charge in [0.2, 0.25) is 0 Å². The predicted octanol–water partition coefficient (Wildman–Crippen LogP) is 21.8. The lowest BCUT2D eigenvalue weighted by Crippen LogP contribution is -2.29. The van der Waals surface area contributed by atoms with Gasteiger partial charge in [0.15, 0.2) is 0 Å². The standard InChI is InChI=1S/C38H23Cl.C32H19Br.C6H6BClO2.CH4.FH/c39-27-20-18-24(19-21-27)28-22-23-33-36-29(28)16-9-17-32(36)37-34(25-10-3-1-4-11-25)30-14-7-8-15-31(30)35(38(33)37)26-12-5-2-6-13-26;33-27-19-18-26-30-24(27)16-9-17-25(30)31-28(20-10-3-1-4-11-20)22-14-7-8-15-23(22)29(32(26)31)21-12-5-2-6-13-21;8-6-3-1-5(2-4-6)7(9)10;;/h1-23H;1-19H;1-4,9-10H;1H4;1H. The Morgan fingerprint density at radius 1 is 0.262 bits per heavy atom. The highest BCUT2D eigenvalue weighted by Crippen LogP contribution is 2.60. The highest BCUT2D eigenvalue weighted by Gasteiger charge is 2.33. The summed E-state index contributed by atoms with van der Waals surface area (Å²) >= 11 is 15.6. The van der Waals surface area contributed by atoms with Gasteiger partial charge in [-0.15, -0.1) is 0 Å². The first kappa shape index (κ1) is 55.6. The molecule has 2 aliphatic carbocycles. The van der Waals surface area contributed by atoms with Gasteiger partial charge in [0, 0.05) is 14.5 Å². The minimum atomic E-state index is -1.41. The second-order valence-corrected chi connectivity index (χ2v) is 22.4. The second-order valence-electron chi connectivity index (χ2n) is 20.7. The van der Waals surface area contributed by atoms with Crippen LogP contribution in [0.3, 0.4) is 0 Å². The lowest BCUT2D eigenvalue weighted by Gasteiger charge is -2.20. The third-order valence-corrected chi connectivity index (χ3v) is 17.3. The first-order chi connectivity index (χ1) is 40.3. The summed E-state index contributed by atoms with van der Waals surface area (Å²) in [6.45, 7) is 0. The molecule has 0 aromatic heterocycles. The van der Waals surface area contributed by atoms with Crippen LogP contribution in [0, 0.1) is 0 Å². The molecule has 0 unspecified atom stereocenters. The largest absolute Gasteiger partial charge is 0.488 e. The zero-order valence-electron chi connectivity index (χ0n) is 44.6. The van der Waals surface area contributed by atoms with Crippen molar-refractivity contribution in [1.29, 1.82) is 0 Å². The SMILES string of the molecule is Brc1ccc2c3c(cccc13)-c1c-2c(-c2ccccc2)c2ccccc2c1-c1ccccc1.C.Clc1ccc(-c2ccc3c4c(cccc24)-c2c-3c(-c3ccccc3)c3ccccc3c2-c2ccccc2)cc1.F.OB(O)c1ccc(Cl)cc1. The Kier molecular flexibility index (Phi) is 15.5. The quantitative estimate of drug-likeness (QED) is 0.163. The Hall–Kier alpha value is -8.91. The molecule has 7 heteroatoms. The van der Waals surface area contributed by atoms with E-state index in [2.05, 4.69) is 259 Å². The van der Waals surface area contributed by atoms with E-state index in [1.807, 2.05) is 12.1 Å². The van der Waals surface area contributed by atoms with Crippen molar-refractivity contribution in [3.8, 4) is 100 Å². The fourth-order valence-corrected chi connectivity index (χ4v) is 13.4. The molecule has 2 nitrogen and oxygen atoms in total. The number of halogens is 4. The van der Waals surface area contributed by atoms with Gasteiger partial charge >= 0.3 is 7.12 Å². The molecular weight excluding hydrogens is 1140 g/mol. The lowest BCUT2D eigenvalue weighted by molar-refractivity contribution is 0.426. The van der Waals surface area contributed by atoms with E-state index < -0.39 is 7.12 Å². The Morgan fingerprint density at radius 2 is 0.560 bits per heavy atom. The van der Waals surface area contributed by atoms with Crippen molar-refractivity contribution in [3.63, 3.8) is 0 Å². The van der Waals surface area contributed by atoms with Crippen LogP contribution in [0.4, 0.5) is 4.70 Å². The number of rotatable bonds is 6. The molecule has 2 aliphatic rings. The van der Waals surface area contributed by atoms with Crippen LogP contribution in [-0.2, 0) is 0 Å². The molecular formula is C77H53BBrCl2FO2. The smallest absolute Gasteiger partial charge is 0.423 e. The first-order valence-corrected chi connectivity index (χ1v) is 28.9. The summed E-state index contributed by atoms with van der Waals surface area (Å²) < 4.78 is 1.14. The Labute approximate surface area is 507 Å². The minimum Gasteiger partial charge on any atom is -0.423 e. The van der Waals surface area contributed by atoms with Crippen molar-refractivity contribution in [2.45, 2.75) is 7.43 Å². The maximum absolute atomic E-state index is 8.63. The molecule has 84 heavy (non-hydrogen) atoms. The van der Waals surface area contributed by atoms with Crippen molar-refractivity contribution in [2.75, 3.05) is 0 Å². The zero-order valence-corrected chi connectivity index (χ0v) is 47.7. The summed E-state index contributed by atoms with van der Waals surface area (Å²) in [7, 11) is -1.41. The van der Waals surface area contributed by atoms with Crippen LogP contribution in [-0.4, -0.2) is 17.2 Å². The molecule has 0 bridgehead atoms. The molecule has 0 fully saturated rings. The summed E-state index contributed by atoms with van der Waals surface area (Å²) in [6, 6.07) is 98.3. The highest BCUT2D eigenvalue weighted by molar-refractivity contribution is 9.10. The number of hydrogen-bond acceptors (Lipinski definition) is 2. The lowest BCUT2D eigenvalue weighted by atomic mass is 9.81.